The summed E-state index contributed by atoms with van der Waals surface area (Å²) in [4.78, 5) is 6.54. The standard InChI is InChI=1S/C16H24FN3O/c1-4-6-7-10-20(3)16(18-5-2)19-12-13-8-9-15(21)14(17)11-13/h4,8-9,11,21H,1,5-7,10,12H2,2-3H3,(H,18,19). The van der Waals surface area contributed by atoms with Crippen LogP contribution in [0.15, 0.2) is 35.8 Å². The Kier molecular flexibility index (Phi) is 7.29. The van der Waals surface area contributed by atoms with Crippen LogP contribution >= 0.6 is 0 Å². The van der Waals surface area contributed by atoms with Gasteiger partial charge in [-0.1, -0.05) is 12.1 Å². The Hall–Kier alpha value is -2.04. The molecule has 5 heteroatoms. The summed E-state index contributed by atoms with van der Waals surface area (Å²) in [5.41, 5.74) is 0.722. The molecule has 21 heavy (non-hydrogen) atoms. The largest absolute Gasteiger partial charge is 0.505 e. The Bertz CT molecular complexity index is 488. The molecular formula is C16H24FN3O. The van der Waals surface area contributed by atoms with E-state index < -0.39 is 5.82 Å². The summed E-state index contributed by atoms with van der Waals surface area (Å²) >= 11 is 0. The molecule has 0 saturated heterocycles. The second-order valence-corrected chi connectivity index (χ2v) is 4.81. The van der Waals surface area contributed by atoms with Gasteiger partial charge >= 0.3 is 0 Å². The molecule has 0 saturated carbocycles. The lowest BCUT2D eigenvalue weighted by Gasteiger charge is -2.21. The minimum atomic E-state index is -0.618. The molecular weight excluding hydrogens is 269 g/mol. The van der Waals surface area contributed by atoms with Crippen molar-refractivity contribution in [1.82, 2.24) is 10.2 Å². The molecule has 0 fully saturated rings. The normalized spacial score (nSPS) is 11.3. The van der Waals surface area contributed by atoms with Gasteiger partial charge < -0.3 is 15.3 Å². The number of unbranched alkanes of at least 4 members (excludes halogenated alkanes) is 1. The average molecular weight is 293 g/mol. The highest BCUT2D eigenvalue weighted by Crippen LogP contribution is 2.16. The molecule has 0 aliphatic rings. The number of benzene rings is 1. The topological polar surface area (TPSA) is 47.9 Å². The third-order valence-corrected chi connectivity index (χ3v) is 3.02. The van der Waals surface area contributed by atoms with Gasteiger partial charge in [-0.05, 0) is 37.5 Å². The molecule has 1 aromatic rings. The van der Waals surface area contributed by atoms with Crippen LogP contribution in [0.3, 0.4) is 0 Å². The molecule has 2 N–H and O–H groups in total. The smallest absolute Gasteiger partial charge is 0.193 e. The van der Waals surface area contributed by atoms with Crippen molar-refractivity contribution in [3.63, 3.8) is 0 Å². The van der Waals surface area contributed by atoms with E-state index in [1.54, 1.807) is 6.07 Å². The zero-order chi connectivity index (χ0) is 15.7. The van der Waals surface area contributed by atoms with Gasteiger partial charge in [0.25, 0.3) is 0 Å². The van der Waals surface area contributed by atoms with Crippen molar-refractivity contribution in [1.29, 1.82) is 0 Å². The first-order valence-corrected chi connectivity index (χ1v) is 7.16. The van der Waals surface area contributed by atoms with Gasteiger partial charge in [0.15, 0.2) is 17.5 Å². The van der Waals surface area contributed by atoms with Crippen molar-refractivity contribution in [2.75, 3.05) is 20.1 Å². The van der Waals surface area contributed by atoms with Crippen LogP contribution in [0.5, 0.6) is 5.75 Å². The first-order chi connectivity index (χ1) is 10.1. The van der Waals surface area contributed by atoms with E-state index in [0.29, 0.717) is 6.54 Å². The lowest BCUT2D eigenvalue weighted by Crippen LogP contribution is -2.39. The van der Waals surface area contributed by atoms with E-state index in [2.05, 4.69) is 16.9 Å². The lowest BCUT2D eigenvalue weighted by molar-refractivity contribution is 0.432. The van der Waals surface area contributed by atoms with Gasteiger partial charge in [0.2, 0.25) is 0 Å². The third-order valence-electron chi connectivity index (χ3n) is 3.02. The van der Waals surface area contributed by atoms with Crippen molar-refractivity contribution < 1.29 is 9.50 Å². The monoisotopic (exact) mass is 293 g/mol. The number of phenols is 1. The molecule has 1 rings (SSSR count). The number of halogens is 1. The maximum absolute atomic E-state index is 13.3. The fourth-order valence-electron chi connectivity index (χ4n) is 1.86. The van der Waals surface area contributed by atoms with Crippen LogP contribution < -0.4 is 5.32 Å². The number of nitrogens with zero attached hydrogens (tertiary/aromatic N) is 2. The van der Waals surface area contributed by atoms with E-state index in [9.17, 15) is 9.50 Å². The number of hydrogen-bond acceptors (Lipinski definition) is 2. The van der Waals surface area contributed by atoms with E-state index >= 15 is 0 Å². The van der Waals surface area contributed by atoms with Crippen LogP contribution in [0.1, 0.15) is 25.3 Å². The highest BCUT2D eigenvalue weighted by atomic mass is 19.1. The van der Waals surface area contributed by atoms with Crippen molar-refractivity contribution >= 4 is 5.96 Å². The number of nitrogens with one attached hydrogen (secondary N) is 1. The van der Waals surface area contributed by atoms with E-state index in [4.69, 9.17) is 0 Å². The molecule has 0 unspecified atom stereocenters. The van der Waals surface area contributed by atoms with Crippen LogP contribution in [-0.2, 0) is 6.54 Å². The number of guanidine groups is 1. The Morgan fingerprint density at radius 3 is 2.90 bits per heavy atom. The summed E-state index contributed by atoms with van der Waals surface area (Å²) in [6.07, 6.45) is 3.88. The predicted octanol–water partition coefficient (Wildman–Crippen LogP) is 2.89. The molecule has 0 aromatic heterocycles. The van der Waals surface area contributed by atoms with Gasteiger partial charge in [0.05, 0.1) is 6.54 Å². The molecule has 4 nitrogen and oxygen atoms in total. The second kappa shape index (κ2) is 9.00. The molecule has 0 amide bonds. The van der Waals surface area contributed by atoms with Crippen LogP contribution in [-0.4, -0.2) is 36.1 Å². The number of aromatic hydroxyl groups is 1. The summed E-state index contributed by atoms with van der Waals surface area (Å²) in [5.74, 6) is -0.168. The van der Waals surface area contributed by atoms with Crippen molar-refractivity contribution in [3.8, 4) is 5.75 Å². The van der Waals surface area contributed by atoms with E-state index in [-0.39, 0.29) is 5.75 Å². The molecule has 0 spiro atoms. The van der Waals surface area contributed by atoms with E-state index in [1.807, 2.05) is 24.9 Å². The highest BCUT2D eigenvalue weighted by molar-refractivity contribution is 5.79. The number of hydrogen-bond donors (Lipinski definition) is 2. The minimum absolute atomic E-state index is 0.337. The van der Waals surface area contributed by atoms with Gasteiger partial charge in [-0.15, -0.1) is 6.58 Å². The molecule has 0 heterocycles. The lowest BCUT2D eigenvalue weighted by atomic mass is 10.2. The van der Waals surface area contributed by atoms with Crippen LogP contribution in [0, 0.1) is 5.82 Å². The molecule has 116 valence electrons. The molecule has 0 radical (unpaired) electrons. The highest BCUT2D eigenvalue weighted by Gasteiger charge is 2.06. The summed E-state index contributed by atoms with van der Waals surface area (Å²) in [7, 11) is 1.97. The SMILES string of the molecule is C=CCCCN(C)C(=NCc1ccc(O)c(F)c1)NCC. The van der Waals surface area contributed by atoms with Gasteiger partial charge in [-0.3, -0.25) is 0 Å². The fourth-order valence-corrected chi connectivity index (χ4v) is 1.86. The van der Waals surface area contributed by atoms with Crippen molar-refractivity contribution in [3.05, 3.63) is 42.2 Å². The van der Waals surface area contributed by atoms with Gasteiger partial charge in [-0.2, -0.15) is 0 Å². The van der Waals surface area contributed by atoms with Crippen LogP contribution in [0.4, 0.5) is 4.39 Å². The number of rotatable bonds is 7. The third kappa shape index (κ3) is 5.85. The first kappa shape index (κ1) is 17.0. The fraction of sp³-hybridized carbons (Fsp3) is 0.438. The zero-order valence-electron chi connectivity index (χ0n) is 12.8. The number of aliphatic imine (C=N–C) groups is 1. The van der Waals surface area contributed by atoms with Crippen LogP contribution in [0.25, 0.3) is 0 Å². The Morgan fingerprint density at radius 1 is 1.52 bits per heavy atom. The molecule has 0 atom stereocenters. The minimum Gasteiger partial charge on any atom is -0.505 e. The molecule has 0 aliphatic heterocycles. The first-order valence-electron chi connectivity index (χ1n) is 7.16. The van der Waals surface area contributed by atoms with Crippen LogP contribution in [0.2, 0.25) is 0 Å². The molecule has 0 bridgehead atoms. The van der Waals surface area contributed by atoms with Gasteiger partial charge in [0.1, 0.15) is 0 Å². The van der Waals surface area contributed by atoms with Crippen molar-refractivity contribution in [2.24, 2.45) is 4.99 Å². The van der Waals surface area contributed by atoms with Gasteiger partial charge in [-0.25, -0.2) is 9.38 Å². The quantitative estimate of drug-likeness (QED) is 0.352. The molecule has 0 aliphatic carbocycles. The Balaban J connectivity index is 2.69. The summed E-state index contributed by atoms with van der Waals surface area (Å²) in [5, 5.41) is 12.4. The van der Waals surface area contributed by atoms with E-state index in [0.717, 1.165) is 37.5 Å². The average Bonchev–Trinajstić information content (AvgIpc) is 2.47. The van der Waals surface area contributed by atoms with Crippen molar-refractivity contribution in [2.45, 2.75) is 26.3 Å². The number of phenolic OH excluding ortho intramolecular Hbond substituents is 1. The molecule has 1 aromatic carbocycles. The summed E-state index contributed by atoms with van der Waals surface area (Å²) in [6.45, 7) is 7.73. The Labute approximate surface area is 126 Å². The summed E-state index contributed by atoms with van der Waals surface area (Å²) < 4.78 is 13.3. The predicted molar refractivity (Wildman–Crippen MR) is 84.9 cm³/mol. The second-order valence-electron chi connectivity index (χ2n) is 4.81. The maximum atomic E-state index is 13.3. The van der Waals surface area contributed by atoms with Gasteiger partial charge in [0, 0.05) is 20.1 Å². The number of allylic oxidation sites excluding steroid dienone is 1. The summed E-state index contributed by atoms with van der Waals surface area (Å²) in [6, 6.07) is 4.32. The van der Waals surface area contributed by atoms with E-state index in [1.165, 1.54) is 12.1 Å². The zero-order valence-corrected chi connectivity index (χ0v) is 12.8. The Morgan fingerprint density at radius 2 is 2.29 bits per heavy atom. The maximum Gasteiger partial charge on any atom is 0.193 e.